The van der Waals surface area contributed by atoms with E-state index in [1.165, 1.54) is 0 Å². The molecule has 0 saturated carbocycles. The van der Waals surface area contributed by atoms with Crippen LogP contribution in [0.2, 0.25) is 0 Å². The van der Waals surface area contributed by atoms with Gasteiger partial charge in [-0.3, -0.25) is 19.8 Å². The zero-order valence-corrected chi connectivity index (χ0v) is 9.36. The van der Waals surface area contributed by atoms with E-state index in [0.29, 0.717) is 13.2 Å². The summed E-state index contributed by atoms with van der Waals surface area (Å²) in [6.07, 6.45) is 0.359. The highest BCUT2D eigenvalue weighted by Crippen LogP contribution is 2.10. The minimum atomic E-state index is -0.335. The van der Waals surface area contributed by atoms with Crippen molar-refractivity contribution in [1.82, 2.24) is 15.5 Å². The number of hydrogen-bond acceptors (Lipinski definition) is 5. The molecule has 2 unspecified atom stereocenters. The van der Waals surface area contributed by atoms with Crippen LogP contribution < -0.4 is 10.6 Å². The van der Waals surface area contributed by atoms with E-state index >= 15 is 0 Å². The molecule has 0 aromatic rings. The maximum absolute atomic E-state index is 11.4. The fraction of sp³-hybridized carbons (Fsp3) is 0.800. The molecule has 0 spiro atoms. The minimum absolute atomic E-state index is 0.0993. The molecule has 0 aromatic carbocycles. The second-order valence-electron chi connectivity index (χ2n) is 4.27. The van der Waals surface area contributed by atoms with Gasteiger partial charge in [-0.25, -0.2) is 0 Å². The third-order valence-corrected chi connectivity index (χ3v) is 2.97. The molecule has 2 saturated heterocycles. The van der Waals surface area contributed by atoms with Gasteiger partial charge in [-0.05, 0) is 7.05 Å². The van der Waals surface area contributed by atoms with Gasteiger partial charge in [-0.1, -0.05) is 0 Å². The molecule has 2 amide bonds. The van der Waals surface area contributed by atoms with E-state index in [2.05, 4.69) is 10.6 Å². The van der Waals surface area contributed by atoms with Gasteiger partial charge in [0.15, 0.2) is 0 Å². The van der Waals surface area contributed by atoms with Gasteiger partial charge in [0.25, 0.3) is 0 Å². The van der Waals surface area contributed by atoms with Crippen LogP contribution in [0.5, 0.6) is 0 Å². The van der Waals surface area contributed by atoms with Crippen molar-refractivity contribution in [2.45, 2.75) is 18.6 Å². The summed E-state index contributed by atoms with van der Waals surface area (Å²) in [4.78, 5) is 24.4. The average molecular weight is 227 g/mol. The monoisotopic (exact) mass is 227 g/mol. The lowest BCUT2D eigenvalue weighted by atomic mass is 10.2. The fourth-order valence-corrected chi connectivity index (χ4v) is 2.08. The lowest BCUT2D eigenvalue weighted by molar-refractivity contribution is -0.126. The van der Waals surface area contributed by atoms with Gasteiger partial charge in [0.2, 0.25) is 11.8 Å². The Hall–Kier alpha value is -0.980. The molecule has 0 bridgehead atoms. The lowest BCUT2D eigenvalue weighted by Gasteiger charge is -2.29. The second kappa shape index (κ2) is 4.90. The number of carbonyl (C=O) groups is 2. The van der Waals surface area contributed by atoms with Gasteiger partial charge < -0.3 is 10.1 Å². The summed E-state index contributed by atoms with van der Waals surface area (Å²) in [6.45, 7) is 3.04. The molecule has 2 aliphatic rings. The molecule has 0 aliphatic carbocycles. The Morgan fingerprint density at radius 3 is 2.88 bits per heavy atom. The normalized spacial score (nSPS) is 30.9. The quantitative estimate of drug-likeness (QED) is 0.564. The van der Waals surface area contributed by atoms with Crippen LogP contribution in [0.4, 0.5) is 0 Å². The minimum Gasteiger partial charge on any atom is -0.374 e. The number of rotatable bonds is 3. The summed E-state index contributed by atoms with van der Waals surface area (Å²) in [5, 5.41) is 5.54. The van der Waals surface area contributed by atoms with Gasteiger partial charge in [0, 0.05) is 19.6 Å². The molecular formula is C10H17N3O3. The first-order valence-corrected chi connectivity index (χ1v) is 5.53. The largest absolute Gasteiger partial charge is 0.374 e. The maximum Gasteiger partial charge on any atom is 0.244 e. The van der Waals surface area contributed by atoms with Crippen LogP contribution in [0.3, 0.4) is 0 Å². The first kappa shape index (κ1) is 11.5. The molecule has 6 heteroatoms. The van der Waals surface area contributed by atoms with E-state index in [1.54, 1.807) is 0 Å². The van der Waals surface area contributed by atoms with Gasteiger partial charge in [-0.15, -0.1) is 0 Å². The van der Waals surface area contributed by atoms with Crippen LogP contribution in [0.25, 0.3) is 0 Å². The lowest BCUT2D eigenvalue weighted by Crippen LogP contribution is -2.48. The predicted octanol–water partition coefficient (Wildman–Crippen LogP) is -1.68. The number of likely N-dealkylation sites (N-methyl/N-ethyl adjacent to an activating group) is 1. The van der Waals surface area contributed by atoms with E-state index in [-0.39, 0.29) is 30.4 Å². The number of ether oxygens (including phenoxy) is 1. The second-order valence-corrected chi connectivity index (χ2v) is 4.27. The van der Waals surface area contributed by atoms with Crippen LogP contribution >= 0.6 is 0 Å². The predicted molar refractivity (Wildman–Crippen MR) is 56.8 cm³/mol. The van der Waals surface area contributed by atoms with Crippen molar-refractivity contribution in [3.63, 3.8) is 0 Å². The third-order valence-electron chi connectivity index (χ3n) is 2.97. The van der Waals surface area contributed by atoms with Gasteiger partial charge >= 0.3 is 0 Å². The van der Waals surface area contributed by atoms with Gasteiger partial charge in [-0.2, -0.15) is 0 Å². The van der Waals surface area contributed by atoms with Crippen molar-refractivity contribution in [2.24, 2.45) is 0 Å². The Morgan fingerprint density at radius 2 is 2.31 bits per heavy atom. The van der Waals surface area contributed by atoms with E-state index in [9.17, 15) is 9.59 Å². The highest BCUT2D eigenvalue weighted by atomic mass is 16.5. The smallest absolute Gasteiger partial charge is 0.244 e. The molecule has 2 rings (SSSR count). The van der Waals surface area contributed by atoms with Crippen molar-refractivity contribution in [3.05, 3.63) is 0 Å². The van der Waals surface area contributed by atoms with Crippen molar-refractivity contribution in [3.8, 4) is 0 Å². The maximum atomic E-state index is 11.4. The highest BCUT2D eigenvalue weighted by Gasteiger charge is 2.34. The Balaban J connectivity index is 1.84. The molecule has 0 aromatic heterocycles. The van der Waals surface area contributed by atoms with E-state index < -0.39 is 0 Å². The van der Waals surface area contributed by atoms with Crippen LogP contribution in [0, 0.1) is 0 Å². The van der Waals surface area contributed by atoms with Gasteiger partial charge in [0.05, 0.1) is 25.2 Å². The van der Waals surface area contributed by atoms with Gasteiger partial charge in [0.1, 0.15) is 0 Å². The number of nitrogens with zero attached hydrogens (tertiary/aromatic N) is 1. The number of imide groups is 1. The Kier molecular flexibility index (Phi) is 3.52. The summed E-state index contributed by atoms with van der Waals surface area (Å²) in [7, 11) is 1.85. The van der Waals surface area contributed by atoms with Crippen molar-refractivity contribution >= 4 is 11.8 Å². The highest BCUT2D eigenvalue weighted by molar-refractivity contribution is 6.05. The standard InChI is InChI=1S/C10H17N3O3/c1-13(6-7-5-11-2-3-16-7)8-4-9(14)12-10(8)15/h7-8,11H,2-6H2,1H3,(H,12,14,15). The van der Waals surface area contributed by atoms with Crippen LogP contribution in [-0.2, 0) is 14.3 Å². The summed E-state index contributed by atoms with van der Waals surface area (Å²) < 4.78 is 5.55. The Morgan fingerprint density at radius 1 is 1.50 bits per heavy atom. The molecule has 2 aliphatic heterocycles. The molecule has 6 nitrogen and oxygen atoms in total. The van der Waals surface area contributed by atoms with Crippen molar-refractivity contribution in [2.75, 3.05) is 33.3 Å². The summed E-state index contributed by atoms with van der Waals surface area (Å²) >= 11 is 0. The Labute approximate surface area is 94.3 Å². The van der Waals surface area contributed by atoms with Crippen molar-refractivity contribution < 1.29 is 14.3 Å². The summed E-state index contributed by atoms with van der Waals surface area (Å²) in [5.41, 5.74) is 0. The van der Waals surface area contributed by atoms with E-state index in [0.717, 1.165) is 13.1 Å². The molecule has 2 atom stereocenters. The molecule has 0 radical (unpaired) electrons. The molecule has 2 heterocycles. The number of morpholine rings is 1. The number of carbonyl (C=O) groups excluding carboxylic acids is 2. The van der Waals surface area contributed by atoms with E-state index in [1.807, 2.05) is 11.9 Å². The van der Waals surface area contributed by atoms with E-state index in [4.69, 9.17) is 4.74 Å². The number of amides is 2. The number of hydrogen-bond donors (Lipinski definition) is 2. The first-order chi connectivity index (χ1) is 7.66. The van der Waals surface area contributed by atoms with Crippen LogP contribution in [0.15, 0.2) is 0 Å². The summed E-state index contributed by atoms with van der Waals surface area (Å²) in [6, 6.07) is -0.335. The molecule has 90 valence electrons. The van der Waals surface area contributed by atoms with Crippen LogP contribution in [-0.4, -0.2) is 62.1 Å². The zero-order chi connectivity index (χ0) is 11.5. The topological polar surface area (TPSA) is 70.7 Å². The molecule has 2 fully saturated rings. The fourth-order valence-electron chi connectivity index (χ4n) is 2.08. The Bertz CT molecular complexity index is 289. The molecule has 2 N–H and O–H groups in total. The van der Waals surface area contributed by atoms with Crippen LogP contribution in [0.1, 0.15) is 6.42 Å². The number of nitrogens with one attached hydrogen (secondary N) is 2. The average Bonchev–Trinajstić information content (AvgIpc) is 2.59. The molecular weight excluding hydrogens is 210 g/mol. The first-order valence-electron chi connectivity index (χ1n) is 5.53. The summed E-state index contributed by atoms with van der Waals surface area (Å²) in [5.74, 6) is -0.388. The third kappa shape index (κ3) is 2.58. The zero-order valence-electron chi connectivity index (χ0n) is 9.36. The van der Waals surface area contributed by atoms with Crippen molar-refractivity contribution in [1.29, 1.82) is 0 Å². The SMILES string of the molecule is CN(CC1CNCCO1)C1CC(=O)NC1=O. The molecule has 16 heavy (non-hydrogen) atoms.